The normalized spacial score (nSPS) is 12.9. The topological polar surface area (TPSA) is 128 Å². The first-order valence-electron chi connectivity index (χ1n) is 12.1. The molecule has 4 aromatic heterocycles. The molecule has 0 saturated carbocycles. The minimum absolute atomic E-state index is 0.138. The lowest BCUT2D eigenvalue weighted by Gasteiger charge is -2.18. The van der Waals surface area contributed by atoms with Gasteiger partial charge in [-0.05, 0) is 18.2 Å². The van der Waals surface area contributed by atoms with Gasteiger partial charge in [-0.15, -0.1) is 15.3 Å². The summed E-state index contributed by atoms with van der Waals surface area (Å²) in [6, 6.07) is 3.46. The van der Waals surface area contributed by atoms with Crippen molar-refractivity contribution in [3.8, 4) is 28.2 Å². The fourth-order valence-electron chi connectivity index (χ4n) is 4.22. The van der Waals surface area contributed by atoms with Crippen LogP contribution in [0.5, 0.6) is 0 Å². The summed E-state index contributed by atoms with van der Waals surface area (Å²) in [5, 5.41) is 33.6. The quantitative estimate of drug-likeness (QED) is 0.119. The Morgan fingerprint density at radius 3 is 2.43 bits per heavy atom. The van der Waals surface area contributed by atoms with Crippen molar-refractivity contribution >= 4 is 11.6 Å². The molecule has 21 heteroatoms. The highest BCUT2D eigenvalue weighted by Crippen LogP contribution is 2.35. The van der Waals surface area contributed by atoms with Gasteiger partial charge in [0.05, 0.1) is 47.0 Å². The van der Waals surface area contributed by atoms with Crippen molar-refractivity contribution in [2.45, 2.75) is 31.8 Å². The van der Waals surface area contributed by atoms with Crippen molar-refractivity contribution in [1.82, 2.24) is 45.0 Å². The lowest BCUT2D eigenvalue weighted by atomic mass is 10.0. The van der Waals surface area contributed by atoms with E-state index in [1.807, 2.05) is 0 Å². The Morgan fingerprint density at radius 1 is 1.00 bits per heavy atom. The van der Waals surface area contributed by atoms with Crippen molar-refractivity contribution in [2.24, 2.45) is 0 Å². The molecule has 0 amide bonds. The summed E-state index contributed by atoms with van der Waals surface area (Å²) in [6.45, 7) is -6.80. The molecule has 5 rings (SSSR count). The van der Waals surface area contributed by atoms with Crippen molar-refractivity contribution in [3.05, 3.63) is 76.5 Å². The number of hydrogen-bond acceptors (Lipinski definition) is 8. The van der Waals surface area contributed by atoms with Crippen LogP contribution in [0.1, 0.15) is 30.4 Å². The van der Waals surface area contributed by atoms with Crippen molar-refractivity contribution in [2.75, 3.05) is 6.61 Å². The van der Waals surface area contributed by atoms with Gasteiger partial charge >= 0.3 is 19.3 Å². The van der Waals surface area contributed by atoms with Crippen LogP contribution in [0.4, 0.5) is 35.1 Å². The monoisotopic (exact) mass is 650 g/mol. The highest BCUT2D eigenvalue weighted by Gasteiger charge is 2.35. The minimum Gasteiger partial charge on any atom is -0.618 e. The fourth-order valence-corrected chi connectivity index (χ4v) is 4.38. The van der Waals surface area contributed by atoms with Crippen LogP contribution >= 0.6 is 11.6 Å². The second-order valence-electron chi connectivity index (χ2n) is 8.83. The summed E-state index contributed by atoms with van der Waals surface area (Å²) >= 11 is 5.92. The molecule has 0 spiro atoms. The number of nitrogens with zero attached hydrogens (tertiary/aromatic N) is 10. The Bertz CT molecular complexity index is 1770. The zero-order chi connectivity index (χ0) is 31.8. The van der Waals surface area contributed by atoms with E-state index in [4.69, 9.17) is 11.6 Å². The molecule has 0 unspecified atom stereocenters. The maximum absolute atomic E-state index is 15.3. The highest BCUT2D eigenvalue weighted by atomic mass is 35.5. The summed E-state index contributed by atoms with van der Waals surface area (Å²) in [6.07, 6.45) is -1.62. The van der Waals surface area contributed by atoms with E-state index in [2.05, 4.69) is 35.7 Å². The van der Waals surface area contributed by atoms with E-state index in [1.165, 1.54) is 18.2 Å². The fraction of sp³-hybridized carbons (Fsp3) is 0.261. The van der Waals surface area contributed by atoms with Crippen LogP contribution in [-0.2, 0) is 10.9 Å². The maximum atomic E-state index is 15.3. The molecule has 0 fully saturated rings. The molecule has 4 heterocycles. The molecule has 0 N–H and O–H groups in total. The third-order valence-corrected chi connectivity index (χ3v) is 6.46. The minimum atomic E-state index is -4.84. The van der Waals surface area contributed by atoms with Gasteiger partial charge in [0.2, 0.25) is 5.69 Å². The molecule has 0 bridgehead atoms. The number of hydrogen-bond donors (Lipinski definition) is 0. The molecular formula is C23H15ClF8N10O2. The molecule has 232 valence electrons. The summed E-state index contributed by atoms with van der Waals surface area (Å²) in [5.74, 6) is -1.09. The third kappa shape index (κ3) is 6.16. The predicted octanol–water partition coefficient (Wildman–Crippen LogP) is 4.84. The summed E-state index contributed by atoms with van der Waals surface area (Å²) < 4.78 is 113. The van der Waals surface area contributed by atoms with Gasteiger partial charge in [0, 0.05) is 12.5 Å². The van der Waals surface area contributed by atoms with E-state index in [-0.39, 0.29) is 44.2 Å². The molecule has 0 aliphatic heterocycles. The van der Waals surface area contributed by atoms with Crippen LogP contribution in [0.15, 0.2) is 49.1 Å². The molecule has 12 nitrogen and oxygen atoms in total. The Kier molecular flexibility index (Phi) is 8.46. The van der Waals surface area contributed by atoms with Gasteiger partial charge in [-0.3, -0.25) is 0 Å². The van der Waals surface area contributed by atoms with Gasteiger partial charge in [-0.1, -0.05) is 27.2 Å². The van der Waals surface area contributed by atoms with Gasteiger partial charge in [-0.2, -0.15) is 40.1 Å². The van der Waals surface area contributed by atoms with E-state index in [0.717, 1.165) is 29.3 Å². The average molecular weight is 651 g/mol. The van der Waals surface area contributed by atoms with Crippen molar-refractivity contribution in [3.63, 3.8) is 0 Å². The number of alkyl halides is 7. The maximum Gasteiger partial charge on any atom is 0.436 e. The third-order valence-electron chi connectivity index (χ3n) is 6.16. The first kappa shape index (κ1) is 30.7. The first-order chi connectivity index (χ1) is 20.8. The van der Waals surface area contributed by atoms with Gasteiger partial charge in [0.15, 0.2) is 17.7 Å². The second-order valence-corrected chi connectivity index (χ2v) is 9.24. The average Bonchev–Trinajstić information content (AvgIpc) is 3.73. The first-order valence-corrected chi connectivity index (χ1v) is 12.4. The smallest absolute Gasteiger partial charge is 0.436 e. The van der Waals surface area contributed by atoms with Crippen LogP contribution in [0.2, 0.25) is 5.02 Å². The van der Waals surface area contributed by atoms with Crippen LogP contribution < -0.4 is 4.73 Å². The summed E-state index contributed by atoms with van der Waals surface area (Å²) in [5.41, 5.74) is -2.69. The molecule has 5 aromatic rings. The van der Waals surface area contributed by atoms with Crippen molar-refractivity contribution < 1.29 is 44.6 Å². The van der Waals surface area contributed by atoms with E-state index >= 15 is 4.39 Å². The number of ether oxygens (including phenoxy) is 1. The highest BCUT2D eigenvalue weighted by molar-refractivity contribution is 6.31. The van der Waals surface area contributed by atoms with Gasteiger partial charge in [-0.25, -0.2) is 13.8 Å². The standard InChI is InChI=1S/C23H15ClF8N10O2/c24-12-2-4-16(40-10-18(35-38-40)23(30,31)32)19(20(12)25)11-1-3-15(41(43)8-11)14(5-6-44-22(28)29)39-9-13(34-37-39)17-7-33-36-42(17)21(26)27/h1-4,7-10,14,21-22H,5-6H2/t14-/m0/s1. The van der Waals surface area contributed by atoms with Gasteiger partial charge in [0.1, 0.15) is 17.4 Å². The molecule has 0 radical (unpaired) electrons. The number of aromatic nitrogens is 10. The van der Waals surface area contributed by atoms with Crippen LogP contribution in [0.3, 0.4) is 0 Å². The predicted molar refractivity (Wildman–Crippen MR) is 131 cm³/mol. The molecule has 1 aromatic carbocycles. The Labute approximate surface area is 244 Å². The van der Waals surface area contributed by atoms with Crippen molar-refractivity contribution in [1.29, 1.82) is 0 Å². The van der Waals surface area contributed by atoms with Gasteiger partial charge < -0.3 is 9.94 Å². The lowest BCUT2D eigenvalue weighted by Crippen LogP contribution is -2.36. The molecular weight excluding hydrogens is 636 g/mol. The van der Waals surface area contributed by atoms with Crippen LogP contribution in [0.25, 0.3) is 28.2 Å². The molecule has 0 aliphatic rings. The lowest BCUT2D eigenvalue weighted by molar-refractivity contribution is -0.615. The largest absolute Gasteiger partial charge is 0.618 e. The molecule has 1 atom stereocenters. The van der Waals surface area contributed by atoms with E-state index in [9.17, 15) is 35.9 Å². The van der Waals surface area contributed by atoms with Gasteiger partial charge in [0.25, 0.3) is 0 Å². The van der Waals surface area contributed by atoms with E-state index < -0.39 is 54.1 Å². The SMILES string of the molecule is [O-][n+]1cc(-c2c(-n3cc(C(F)(F)F)nn3)ccc(Cl)c2F)ccc1[C@H](CCOC(F)F)n1cc(-c2cnnn2C(F)F)nn1. The number of halogens is 9. The Hall–Kier alpha value is -4.72. The van der Waals surface area contributed by atoms with Crippen LogP contribution in [0, 0.1) is 11.0 Å². The Balaban J connectivity index is 1.55. The zero-order valence-electron chi connectivity index (χ0n) is 21.5. The Morgan fingerprint density at radius 2 is 1.77 bits per heavy atom. The zero-order valence-corrected chi connectivity index (χ0v) is 22.2. The molecule has 44 heavy (non-hydrogen) atoms. The van der Waals surface area contributed by atoms with E-state index in [0.29, 0.717) is 10.9 Å². The number of rotatable bonds is 10. The summed E-state index contributed by atoms with van der Waals surface area (Å²) in [4.78, 5) is 0. The van der Waals surface area contributed by atoms with E-state index in [1.54, 1.807) is 0 Å². The number of pyridine rings is 1. The number of benzene rings is 1. The summed E-state index contributed by atoms with van der Waals surface area (Å²) in [7, 11) is 0. The molecule has 0 saturated heterocycles. The molecule has 0 aliphatic carbocycles. The second kappa shape index (κ2) is 12.1. The van der Waals surface area contributed by atoms with Crippen LogP contribution in [-0.4, -0.2) is 58.2 Å².